The summed E-state index contributed by atoms with van der Waals surface area (Å²) in [6.45, 7) is 0.524. The van der Waals surface area contributed by atoms with Crippen molar-refractivity contribution < 1.29 is 9.13 Å². The summed E-state index contributed by atoms with van der Waals surface area (Å²) in [7, 11) is 1.63. The van der Waals surface area contributed by atoms with Gasteiger partial charge >= 0.3 is 0 Å². The molecule has 0 atom stereocenters. The molecule has 0 bridgehead atoms. The molecule has 1 aromatic heterocycles. The number of hydrogen-bond donors (Lipinski definition) is 1. The molecule has 0 aliphatic rings. The van der Waals surface area contributed by atoms with Crippen LogP contribution in [0.25, 0.3) is 10.9 Å². The molecule has 1 aromatic carbocycles. The Labute approximate surface area is 75.3 Å². The number of ether oxygens (including phenoxy) is 1. The number of aromatic amines is 1. The van der Waals surface area contributed by atoms with Crippen LogP contribution in [0.4, 0.5) is 4.39 Å². The van der Waals surface area contributed by atoms with Crippen LogP contribution in [0.2, 0.25) is 0 Å². The highest BCUT2D eigenvalue weighted by molar-refractivity contribution is 5.80. The Balaban J connectivity index is 2.49. The molecule has 0 spiro atoms. The molecule has 0 saturated heterocycles. The summed E-state index contributed by atoms with van der Waals surface area (Å²) in [5.74, 6) is -0.224. The maximum Gasteiger partial charge on any atom is 0.125 e. The molecule has 13 heavy (non-hydrogen) atoms. The van der Waals surface area contributed by atoms with Gasteiger partial charge in [0.2, 0.25) is 0 Å². The normalized spacial score (nSPS) is 10.9. The summed E-state index contributed by atoms with van der Waals surface area (Å²) >= 11 is 0. The van der Waals surface area contributed by atoms with Gasteiger partial charge in [0, 0.05) is 18.3 Å². The molecule has 0 amide bonds. The van der Waals surface area contributed by atoms with Gasteiger partial charge in [0.05, 0.1) is 6.61 Å². The van der Waals surface area contributed by atoms with E-state index in [0.717, 1.165) is 16.6 Å². The van der Waals surface area contributed by atoms with Gasteiger partial charge in [0.25, 0.3) is 0 Å². The molecule has 2 aromatic rings. The van der Waals surface area contributed by atoms with Crippen LogP contribution in [0.15, 0.2) is 24.3 Å². The van der Waals surface area contributed by atoms with Crippen LogP contribution in [0, 0.1) is 5.82 Å². The van der Waals surface area contributed by atoms with Crippen LogP contribution < -0.4 is 0 Å². The van der Waals surface area contributed by atoms with Crippen molar-refractivity contribution in [3.05, 3.63) is 35.8 Å². The van der Waals surface area contributed by atoms with Crippen LogP contribution in [-0.2, 0) is 11.3 Å². The van der Waals surface area contributed by atoms with E-state index in [4.69, 9.17) is 4.74 Å². The van der Waals surface area contributed by atoms with Gasteiger partial charge < -0.3 is 9.72 Å². The number of hydrogen-bond acceptors (Lipinski definition) is 1. The Morgan fingerprint density at radius 3 is 3.00 bits per heavy atom. The van der Waals surface area contributed by atoms with E-state index in [1.54, 1.807) is 13.2 Å². The van der Waals surface area contributed by atoms with Crippen molar-refractivity contribution in [3.63, 3.8) is 0 Å². The molecule has 0 saturated carbocycles. The molecule has 2 nitrogen and oxygen atoms in total. The summed E-state index contributed by atoms with van der Waals surface area (Å²) in [5, 5.41) is 1.01. The fourth-order valence-corrected chi connectivity index (χ4v) is 1.39. The first-order valence-corrected chi connectivity index (χ1v) is 4.05. The Bertz CT molecular complexity index is 422. The van der Waals surface area contributed by atoms with E-state index in [-0.39, 0.29) is 5.82 Å². The minimum Gasteiger partial charge on any atom is -0.378 e. The van der Waals surface area contributed by atoms with Crippen LogP contribution in [-0.4, -0.2) is 12.1 Å². The van der Waals surface area contributed by atoms with Crippen LogP contribution >= 0.6 is 0 Å². The predicted octanol–water partition coefficient (Wildman–Crippen LogP) is 2.45. The van der Waals surface area contributed by atoms with E-state index in [9.17, 15) is 4.39 Å². The zero-order chi connectivity index (χ0) is 9.26. The first-order chi connectivity index (χ1) is 6.29. The van der Waals surface area contributed by atoms with Gasteiger partial charge in [0.1, 0.15) is 5.82 Å². The fraction of sp³-hybridized carbons (Fsp3) is 0.200. The van der Waals surface area contributed by atoms with E-state index in [0.29, 0.717) is 6.61 Å². The quantitative estimate of drug-likeness (QED) is 0.752. The third-order valence-corrected chi connectivity index (χ3v) is 1.94. The topological polar surface area (TPSA) is 25.0 Å². The van der Waals surface area contributed by atoms with Gasteiger partial charge in [-0.25, -0.2) is 4.39 Å². The third kappa shape index (κ3) is 1.55. The summed E-state index contributed by atoms with van der Waals surface area (Å²) in [6.07, 6.45) is 0. The Kier molecular flexibility index (Phi) is 2.02. The first kappa shape index (κ1) is 8.26. The SMILES string of the molecule is COCc1cc2ccc(F)cc2[nH]1. The summed E-state index contributed by atoms with van der Waals surface area (Å²) < 4.78 is 17.7. The molecule has 0 fully saturated rings. The molecule has 0 radical (unpaired) electrons. The summed E-state index contributed by atoms with van der Waals surface area (Å²) in [6, 6.07) is 6.64. The number of rotatable bonds is 2. The maximum atomic E-state index is 12.8. The molecule has 1 heterocycles. The number of aromatic nitrogens is 1. The highest BCUT2D eigenvalue weighted by atomic mass is 19.1. The molecule has 0 aliphatic carbocycles. The molecule has 1 N–H and O–H groups in total. The lowest BCUT2D eigenvalue weighted by atomic mass is 10.2. The minimum atomic E-state index is -0.224. The fourth-order valence-electron chi connectivity index (χ4n) is 1.39. The van der Waals surface area contributed by atoms with Crippen LogP contribution in [0.5, 0.6) is 0 Å². The molecule has 68 valence electrons. The Hall–Kier alpha value is -1.35. The van der Waals surface area contributed by atoms with E-state index >= 15 is 0 Å². The van der Waals surface area contributed by atoms with Crippen molar-refractivity contribution in [2.75, 3.05) is 7.11 Å². The van der Waals surface area contributed by atoms with Gasteiger partial charge in [-0.05, 0) is 29.7 Å². The largest absolute Gasteiger partial charge is 0.378 e. The third-order valence-electron chi connectivity index (χ3n) is 1.94. The number of halogens is 1. The highest BCUT2D eigenvalue weighted by Gasteiger charge is 2.00. The molecule has 0 unspecified atom stereocenters. The van der Waals surface area contributed by atoms with Crippen molar-refractivity contribution in [3.8, 4) is 0 Å². The number of fused-ring (bicyclic) bond motifs is 1. The average Bonchev–Trinajstić information content (AvgIpc) is 2.46. The van der Waals surface area contributed by atoms with Gasteiger partial charge in [-0.15, -0.1) is 0 Å². The second-order valence-electron chi connectivity index (χ2n) is 2.96. The van der Waals surface area contributed by atoms with E-state index in [1.165, 1.54) is 12.1 Å². The molecular weight excluding hydrogens is 169 g/mol. The molecule has 0 aliphatic heterocycles. The smallest absolute Gasteiger partial charge is 0.125 e. The molecule has 3 heteroatoms. The van der Waals surface area contributed by atoms with Crippen LogP contribution in [0.3, 0.4) is 0 Å². The standard InChI is InChI=1S/C10H10FNO/c1-13-6-9-4-7-2-3-8(11)5-10(7)12-9/h2-5,12H,6H2,1H3. The van der Waals surface area contributed by atoms with Crippen molar-refractivity contribution in [1.82, 2.24) is 4.98 Å². The predicted molar refractivity (Wildman–Crippen MR) is 49.0 cm³/mol. The lowest BCUT2D eigenvalue weighted by molar-refractivity contribution is 0.182. The Morgan fingerprint density at radius 1 is 1.38 bits per heavy atom. The number of nitrogens with one attached hydrogen (secondary N) is 1. The monoisotopic (exact) mass is 179 g/mol. The lowest BCUT2D eigenvalue weighted by Crippen LogP contribution is -1.85. The first-order valence-electron chi connectivity index (χ1n) is 4.05. The van der Waals surface area contributed by atoms with Crippen molar-refractivity contribution >= 4 is 10.9 Å². The number of benzene rings is 1. The number of H-pyrrole nitrogens is 1. The minimum absolute atomic E-state index is 0.224. The van der Waals surface area contributed by atoms with Gasteiger partial charge in [-0.2, -0.15) is 0 Å². The van der Waals surface area contributed by atoms with Crippen LogP contribution in [0.1, 0.15) is 5.69 Å². The Morgan fingerprint density at radius 2 is 2.23 bits per heavy atom. The van der Waals surface area contributed by atoms with E-state index < -0.39 is 0 Å². The zero-order valence-electron chi connectivity index (χ0n) is 7.30. The number of methoxy groups -OCH3 is 1. The zero-order valence-corrected chi connectivity index (χ0v) is 7.30. The van der Waals surface area contributed by atoms with Gasteiger partial charge in [0.15, 0.2) is 0 Å². The summed E-state index contributed by atoms with van der Waals surface area (Å²) in [5.41, 5.74) is 1.77. The highest BCUT2D eigenvalue weighted by Crippen LogP contribution is 2.16. The maximum absolute atomic E-state index is 12.8. The van der Waals surface area contributed by atoms with Gasteiger partial charge in [-0.3, -0.25) is 0 Å². The second kappa shape index (κ2) is 3.18. The average molecular weight is 179 g/mol. The second-order valence-corrected chi connectivity index (χ2v) is 2.96. The molecular formula is C10H10FNO. The lowest BCUT2D eigenvalue weighted by Gasteiger charge is -1.91. The molecule has 2 rings (SSSR count). The van der Waals surface area contributed by atoms with Crippen molar-refractivity contribution in [1.29, 1.82) is 0 Å². The van der Waals surface area contributed by atoms with Crippen molar-refractivity contribution in [2.24, 2.45) is 0 Å². The van der Waals surface area contributed by atoms with Crippen molar-refractivity contribution in [2.45, 2.75) is 6.61 Å². The van der Waals surface area contributed by atoms with E-state index in [1.807, 2.05) is 6.07 Å². The summed E-state index contributed by atoms with van der Waals surface area (Å²) in [4.78, 5) is 3.07. The van der Waals surface area contributed by atoms with Gasteiger partial charge in [-0.1, -0.05) is 0 Å². The van der Waals surface area contributed by atoms with E-state index in [2.05, 4.69) is 4.98 Å².